The van der Waals surface area contributed by atoms with Crippen molar-refractivity contribution in [2.24, 2.45) is 0 Å². The fraction of sp³-hybridized carbons (Fsp3) is 0.214. The van der Waals surface area contributed by atoms with Crippen LogP contribution in [0.5, 0.6) is 0 Å². The Morgan fingerprint density at radius 3 is 2.84 bits per heavy atom. The number of nitrogens with zero attached hydrogens (tertiary/aromatic N) is 1. The molecule has 0 saturated carbocycles. The predicted octanol–water partition coefficient (Wildman–Crippen LogP) is 1.46. The van der Waals surface area contributed by atoms with Gasteiger partial charge in [-0.05, 0) is 24.6 Å². The molecule has 2 aromatic heterocycles. The number of aromatic nitrogens is 2. The molecule has 5 nitrogen and oxygen atoms in total. The zero-order valence-corrected chi connectivity index (χ0v) is 10.8. The number of carbonyl (C=O) groups excluding carboxylic acids is 1. The van der Waals surface area contributed by atoms with Crippen molar-refractivity contribution in [1.82, 2.24) is 9.97 Å². The van der Waals surface area contributed by atoms with Crippen LogP contribution in [-0.4, -0.2) is 23.0 Å². The Kier molecular flexibility index (Phi) is 3.75. The van der Waals surface area contributed by atoms with E-state index in [2.05, 4.69) is 14.7 Å². The Morgan fingerprint density at radius 2 is 2.21 bits per heavy atom. The van der Waals surface area contributed by atoms with Gasteiger partial charge in [-0.3, -0.25) is 9.78 Å². The van der Waals surface area contributed by atoms with E-state index in [0.29, 0.717) is 17.5 Å². The minimum Gasteiger partial charge on any atom is -0.465 e. The largest absolute Gasteiger partial charge is 0.465 e. The molecule has 0 aliphatic carbocycles. The van der Waals surface area contributed by atoms with E-state index in [-0.39, 0.29) is 5.56 Å². The van der Waals surface area contributed by atoms with Crippen LogP contribution in [0.15, 0.2) is 35.4 Å². The number of ether oxygens (including phenoxy) is 1. The van der Waals surface area contributed by atoms with Gasteiger partial charge in [0.25, 0.3) is 5.56 Å². The summed E-state index contributed by atoms with van der Waals surface area (Å²) < 4.78 is 4.62. The standard InChI is InChI=1S/C14H14N2O3/c1-9-3-4-10(7-15-9)5-11-6-12(14(18)19-2)8-16-13(11)17/h3-4,6-8H,5H2,1-2H3,(H,16,17). The molecule has 0 radical (unpaired) electrons. The van der Waals surface area contributed by atoms with Crippen LogP contribution in [0.4, 0.5) is 0 Å². The lowest BCUT2D eigenvalue weighted by atomic mass is 10.1. The van der Waals surface area contributed by atoms with Crippen molar-refractivity contribution in [2.75, 3.05) is 7.11 Å². The summed E-state index contributed by atoms with van der Waals surface area (Å²) in [5.41, 5.74) is 2.46. The highest BCUT2D eigenvalue weighted by atomic mass is 16.5. The maximum absolute atomic E-state index is 11.7. The second-order valence-electron chi connectivity index (χ2n) is 4.22. The van der Waals surface area contributed by atoms with Gasteiger partial charge in [0.2, 0.25) is 0 Å². The molecule has 0 saturated heterocycles. The molecule has 1 N–H and O–H groups in total. The van der Waals surface area contributed by atoms with Gasteiger partial charge >= 0.3 is 5.97 Å². The summed E-state index contributed by atoms with van der Waals surface area (Å²) in [4.78, 5) is 29.9. The van der Waals surface area contributed by atoms with Crippen molar-refractivity contribution in [3.8, 4) is 0 Å². The first-order valence-corrected chi connectivity index (χ1v) is 5.81. The molecule has 0 fully saturated rings. The summed E-state index contributed by atoms with van der Waals surface area (Å²) >= 11 is 0. The van der Waals surface area contributed by atoms with E-state index in [0.717, 1.165) is 11.3 Å². The summed E-state index contributed by atoms with van der Waals surface area (Å²) in [6, 6.07) is 5.34. The molecular weight excluding hydrogens is 244 g/mol. The number of rotatable bonds is 3. The van der Waals surface area contributed by atoms with E-state index in [9.17, 15) is 9.59 Å². The summed E-state index contributed by atoms with van der Waals surface area (Å²) in [6.45, 7) is 1.90. The molecular formula is C14H14N2O3. The van der Waals surface area contributed by atoms with E-state index in [4.69, 9.17) is 0 Å². The van der Waals surface area contributed by atoms with Crippen LogP contribution in [0.25, 0.3) is 0 Å². The van der Waals surface area contributed by atoms with Crippen molar-refractivity contribution in [3.63, 3.8) is 0 Å². The van der Waals surface area contributed by atoms with Gasteiger partial charge in [0.1, 0.15) is 0 Å². The first kappa shape index (κ1) is 13.0. The quantitative estimate of drug-likeness (QED) is 0.846. The third kappa shape index (κ3) is 3.07. The lowest BCUT2D eigenvalue weighted by Gasteiger charge is -2.04. The molecule has 19 heavy (non-hydrogen) atoms. The Labute approximate surface area is 110 Å². The molecule has 2 aromatic rings. The molecule has 2 rings (SSSR count). The lowest BCUT2D eigenvalue weighted by Crippen LogP contribution is -2.15. The average molecular weight is 258 g/mol. The molecule has 0 unspecified atom stereocenters. The van der Waals surface area contributed by atoms with Crippen LogP contribution < -0.4 is 5.56 Å². The third-order valence-electron chi connectivity index (χ3n) is 2.77. The molecule has 0 aromatic carbocycles. The van der Waals surface area contributed by atoms with Crippen LogP contribution in [-0.2, 0) is 11.2 Å². The molecule has 0 aliphatic rings. The minimum absolute atomic E-state index is 0.215. The second-order valence-corrected chi connectivity index (χ2v) is 4.22. The molecule has 98 valence electrons. The number of hydrogen-bond acceptors (Lipinski definition) is 4. The van der Waals surface area contributed by atoms with Gasteiger partial charge in [-0.2, -0.15) is 0 Å². The van der Waals surface area contributed by atoms with Gasteiger partial charge in [0.15, 0.2) is 0 Å². The van der Waals surface area contributed by atoms with E-state index >= 15 is 0 Å². The van der Waals surface area contributed by atoms with E-state index < -0.39 is 5.97 Å². The molecule has 5 heteroatoms. The highest BCUT2D eigenvalue weighted by molar-refractivity contribution is 5.89. The Balaban J connectivity index is 2.31. The number of carbonyl (C=O) groups is 1. The summed E-state index contributed by atoms with van der Waals surface area (Å²) in [7, 11) is 1.30. The van der Waals surface area contributed by atoms with Gasteiger partial charge in [-0.1, -0.05) is 6.07 Å². The minimum atomic E-state index is -0.473. The zero-order chi connectivity index (χ0) is 13.8. The molecule has 0 amide bonds. The SMILES string of the molecule is COC(=O)c1c[nH]c(=O)c(Cc2ccc(C)nc2)c1. The number of hydrogen-bond donors (Lipinski definition) is 1. The average Bonchev–Trinajstić information content (AvgIpc) is 2.43. The van der Waals surface area contributed by atoms with Crippen molar-refractivity contribution in [2.45, 2.75) is 13.3 Å². The zero-order valence-electron chi connectivity index (χ0n) is 10.8. The van der Waals surface area contributed by atoms with Gasteiger partial charge in [-0.25, -0.2) is 4.79 Å². The predicted molar refractivity (Wildman–Crippen MR) is 70.2 cm³/mol. The van der Waals surface area contributed by atoms with E-state index in [1.54, 1.807) is 12.3 Å². The van der Waals surface area contributed by atoms with Crippen molar-refractivity contribution >= 4 is 5.97 Å². The van der Waals surface area contributed by atoms with Gasteiger partial charge in [0, 0.05) is 30.1 Å². The number of aryl methyl sites for hydroxylation is 1. The highest BCUT2D eigenvalue weighted by Gasteiger charge is 2.09. The third-order valence-corrected chi connectivity index (χ3v) is 2.77. The normalized spacial score (nSPS) is 10.2. The molecule has 2 heterocycles. The highest BCUT2D eigenvalue weighted by Crippen LogP contribution is 2.08. The lowest BCUT2D eigenvalue weighted by molar-refractivity contribution is 0.0600. The fourth-order valence-electron chi connectivity index (χ4n) is 1.72. The molecule has 0 bridgehead atoms. The summed E-state index contributed by atoms with van der Waals surface area (Å²) in [5.74, 6) is -0.473. The van der Waals surface area contributed by atoms with Gasteiger partial charge in [-0.15, -0.1) is 0 Å². The van der Waals surface area contributed by atoms with Crippen LogP contribution in [0.1, 0.15) is 27.2 Å². The fourth-order valence-corrected chi connectivity index (χ4v) is 1.72. The number of H-pyrrole nitrogens is 1. The Bertz CT molecular complexity index is 644. The van der Waals surface area contributed by atoms with Crippen LogP contribution in [0.2, 0.25) is 0 Å². The number of aromatic amines is 1. The van der Waals surface area contributed by atoms with Crippen LogP contribution >= 0.6 is 0 Å². The maximum atomic E-state index is 11.7. The monoisotopic (exact) mass is 258 g/mol. The second kappa shape index (κ2) is 5.48. The van der Waals surface area contributed by atoms with E-state index in [1.807, 2.05) is 19.1 Å². The number of pyridine rings is 2. The first-order chi connectivity index (χ1) is 9.10. The molecule has 0 spiro atoms. The Morgan fingerprint density at radius 1 is 1.42 bits per heavy atom. The first-order valence-electron chi connectivity index (χ1n) is 5.81. The molecule has 0 atom stereocenters. The van der Waals surface area contributed by atoms with Crippen molar-refractivity contribution in [3.05, 3.63) is 63.3 Å². The number of nitrogens with one attached hydrogen (secondary N) is 1. The number of methoxy groups -OCH3 is 1. The Hall–Kier alpha value is -2.43. The smallest absolute Gasteiger partial charge is 0.339 e. The number of esters is 1. The topological polar surface area (TPSA) is 72.1 Å². The van der Waals surface area contributed by atoms with Crippen molar-refractivity contribution < 1.29 is 9.53 Å². The van der Waals surface area contributed by atoms with E-state index in [1.165, 1.54) is 13.3 Å². The van der Waals surface area contributed by atoms with Crippen molar-refractivity contribution in [1.29, 1.82) is 0 Å². The van der Waals surface area contributed by atoms with Gasteiger partial charge in [0.05, 0.1) is 12.7 Å². The van der Waals surface area contributed by atoms with Crippen LogP contribution in [0, 0.1) is 6.92 Å². The van der Waals surface area contributed by atoms with Crippen LogP contribution in [0.3, 0.4) is 0 Å². The van der Waals surface area contributed by atoms with Gasteiger partial charge < -0.3 is 9.72 Å². The summed E-state index contributed by atoms with van der Waals surface area (Å²) in [6.07, 6.45) is 3.50. The maximum Gasteiger partial charge on any atom is 0.339 e. The molecule has 0 aliphatic heterocycles. The summed E-state index contributed by atoms with van der Waals surface area (Å²) in [5, 5.41) is 0.